The highest BCUT2D eigenvalue weighted by molar-refractivity contribution is 6.39. The predicted molar refractivity (Wildman–Crippen MR) is 37.0 cm³/mol. The average molecular weight is 175 g/mol. The topological polar surface area (TPSA) is 95.7 Å². The molecule has 0 bridgehead atoms. The van der Waals surface area contributed by atoms with Crippen molar-refractivity contribution in [1.82, 2.24) is 0 Å². The Balaban J connectivity index is 4.29. The second-order valence-corrected chi connectivity index (χ2v) is 1.86. The van der Waals surface area contributed by atoms with E-state index in [2.05, 4.69) is 9.47 Å². The van der Waals surface area contributed by atoms with E-state index in [4.69, 9.17) is 5.73 Å². The molecule has 0 saturated carbocycles. The summed E-state index contributed by atoms with van der Waals surface area (Å²) in [5.74, 6) is -3.25. The van der Waals surface area contributed by atoms with Crippen LogP contribution >= 0.6 is 0 Å². The molecule has 0 fully saturated rings. The molecule has 0 rings (SSSR count). The summed E-state index contributed by atoms with van der Waals surface area (Å²) in [7, 11) is 2.08. The maximum absolute atomic E-state index is 10.8. The maximum atomic E-state index is 10.8. The van der Waals surface area contributed by atoms with Crippen LogP contribution in [0.5, 0.6) is 0 Å². The van der Waals surface area contributed by atoms with E-state index >= 15 is 0 Å². The van der Waals surface area contributed by atoms with Gasteiger partial charge in [0.1, 0.15) is 0 Å². The number of carbonyl (C=O) groups is 3. The first-order chi connectivity index (χ1) is 5.54. The van der Waals surface area contributed by atoms with E-state index in [0.29, 0.717) is 0 Å². The van der Waals surface area contributed by atoms with Crippen molar-refractivity contribution in [2.45, 2.75) is 6.04 Å². The molecule has 0 saturated heterocycles. The van der Waals surface area contributed by atoms with Gasteiger partial charge in [-0.25, -0.2) is 9.59 Å². The molecule has 0 aliphatic rings. The van der Waals surface area contributed by atoms with Gasteiger partial charge < -0.3 is 15.2 Å². The normalized spacial score (nSPS) is 11.6. The van der Waals surface area contributed by atoms with Crippen LogP contribution in [0.4, 0.5) is 0 Å². The zero-order valence-corrected chi connectivity index (χ0v) is 6.70. The van der Waals surface area contributed by atoms with E-state index in [1.54, 1.807) is 0 Å². The zero-order chi connectivity index (χ0) is 9.72. The van der Waals surface area contributed by atoms with Crippen LogP contribution in [0.2, 0.25) is 0 Å². The number of carbonyl (C=O) groups excluding carboxylic acids is 3. The van der Waals surface area contributed by atoms with Gasteiger partial charge >= 0.3 is 11.9 Å². The summed E-state index contributed by atoms with van der Waals surface area (Å²) in [6.07, 6.45) is 0. The number of rotatable bonds is 3. The summed E-state index contributed by atoms with van der Waals surface area (Å²) in [6, 6.07) is -1.59. The zero-order valence-electron chi connectivity index (χ0n) is 6.70. The van der Waals surface area contributed by atoms with Crippen molar-refractivity contribution < 1.29 is 23.9 Å². The summed E-state index contributed by atoms with van der Waals surface area (Å²) in [5.41, 5.74) is 5.02. The van der Waals surface area contributed by atoms with Crippen LogP contribution in [0.1, 0.15) is 0 Å². The molecule has 1 unspecified atom stereocenters. The van der Waals surface area contributed by atoms with E-state index in [9.17, 15) is 14.4 Å². The molecule has 0 aliphatic heterocycles. The van der Waals surface area contributed by atoms with Gasteiger partial charge in [-0.05, 0) is 0 Å². The number of hydrogen-bond donors (Lipinski definition) is 1. The van der Waals surface area contributed by atoms with Gasteiger partial charge in [0.2, 0.25) is 0 Å². The third-order valence-corrected chi connectivity index (χ3v) is 1.12. The van der Waals surface area contributed by atoms with Gasteiger partial charge in [0.15, 0.2) is 6.04 Å². The highest BCUT2D eigenvalue weighted by Crippen LogP contribution is 1.88. The minimum Gasteiger partial charge on any atom is -0.468 e. The molecule has 68 valence electrons. The monoisotopic (exact) mass is 175 g/mol. The first-order valence-electron chi connectivity index (χ1n) is 3.00. The number of nitrogens with two attached hydrogens (primary N) is 1. The van der Waals surface area contributed by atoms with Crippen molar-refractivity contribution in [3.05, 3.63) is 0 Å². The number of esters is 2. The lowest BCUT2D eigenvalue weighted by molar-refractivity contribution is -0.156. The Bertz CT molecular complexity index is 212. The molecule has 12 heavy (non-hydrogen) atoms. The molecule has 0 aliphatic carbocycles. The Morgan fingerprint density at radius 3 is 2.00 bits per heavy atom. The molecule has 0 aromatic heterocycles. The number of ketones is 1. The summed E-state index contributed by atoms with van der Waals surface area (Å²) in [6.45, 7) is 0. The highest BCUT2D eigenvalue weighted by atomic mass is 16.5. The molecule has 2 N–H and O–H groups in total. The van der Waals surface area contributed by atoms with Gasteiger partial charge in [-0.1, -0.05) is 0 Å². The highest BCUT2D eigenvalue weighted by Gasteiger charge is 2.29. The summed E-state index contributed by atoms with van der Waals surface area (Å²) in [5, 5.41) is 0. The van der Waals surface area contributed by atoms with E-state index in [-0.39, 0.29) is 0 Å². The lowest BCUT2D eigenvalue weighted by Gasteiger charge is -2.05. The fraction of sp³-hybridized carbons (Fsp3) is 0.500. The molecule has 6 heteroatoms. The molecule has 0 amide bonds. The van der Waals surface area contributed by atoms with Crippen molar-refractivity contribution in [3.8, 4) is 0 Å². The van der Waals surface area contributed by atoms with Crippen molar-refractivity contribution in [2.75, 3.05) is 14.2 Å². The van der Waals surface area contributed by atoms with E-state index in [0.717, 1.165) is 14.2 Å². The quantitative estimate of drug-likeness (QED) is 0.310. The smallest absolute Gasteiger partial charge is 0.376 e. The molecule has 6 nitrogen and oxygen atoms in total. The van der Waals surface area contributed by atoms with E-state index in [1.165, 1.54) is 0 Å². The van der Waals surface area contributed by atoms with Gasteiger partial charge in [-0.15, -0.1) is 0 Å². The van der Waals surface area contributed by atoms with Crippen LogP contribution in [-0.4, -0.2) is 38.0 Å². The summed E-state index contributed by atoms with van der Waals surface area (Å²) >= 11 is 0. The first kappa shape index (κ1) is 10.6. The van der Waals surface area contributed by atoms with Crippen molar-refractivity contribution in [3.63, 3.8) is 0 Å². The van der Waals surface area contributed by atoms with Crippen molar-refractivity contribution >= 4 is 17.7 Å². The average Bonchev–Trinajstić information content (AvgIpc) is 2.12. The van der Waals surface area contributed by atoms with Gasteiger partial charge in [0.25, 0.3) is 5.78 Å². The third kappa shape index (κ3) is 2.31. The fourth-order valence-electron chi connectivity index (χ4n) is 0.462. The van der Waals surface area contributed by atoms with Crippen LogP contribution in [0.3, 0.4) is 0 Å². The number of Topliss-reactive ketones (excluding diaryl/α,β-unsaturated/α-hetero) is 1. The van der Waals surface area contributed by atoms with Crippen LogP contribution in [0.15, 0.2) is 0 Å². The third-order valence-electron chi connectivity index (χ3n) is 1.12. The Kier molecular flexibility index (Phi) is 3.92. The Labute approximate surface area is 68.6 Å². The maximum Gasteiger partial charge on any atom is 0.376 e. The minimum absolute atomic E-state index is 0.967. The van der Waals surface area contributed by atoms with Gasteiger partial charge in [-0.3, -0.25) is 4.79 Å². The van der Waals surface area contributed by atoms with Gasteiger partial charge in [0, 0.05) is 0 Å². The number of methoxy groups -OCH3 is 2. The first-order valence-corrected chi connectivity index (χ1v) is 3.00. The lowest BCUT2D eigenvalue weighted by Crippen LogP contribution is -2.43. The van der Waals surface area contributed by atoms with Crippen LogP contribution in [0.25, 0.3) is 0 Å². The fourth-order valence-corrected chi connectivity index (χ4v) is 0.462. The molecule has 0 radical (unpaired) electrons. The number of hydrogen-bond acceptors (Lipinski definition) is 6. The van der Waals surface area contributed by atoms with Crippen molar-refractivity contribution in [2.24, 2.45) is 5.73 Å². The minimum atomic E-state index is -1.59. The van der Waals surface area contributed by atoms with E-state index < -0.39 is 23.8 Å². The predicted octanol–water partition coefficient (Wildman–Crippen LogP) is -1.77. The molecule has 0 heterocycles. The molecule has 0 spiro atoms. The molecule has 0 aromatic rings. The number of ether oxygens (including phenoxy) is 2. The summed E-state index contributed by atoms with van der Waals surface area (Å²) < 4.78 is 8.19. The second kappa shape index (κ2) is 4.45. The largest absolute Gasteiger partial charge is 0.468 e. The van der Waals surface area contributed by atoms with Gasteiger partial charge in [-0.2, -0.15) is 0 Å². The van der Waals surface area contributed by atoms with Crippen molar-refractivity contribution in [1.29, 1.82) is 0 Å². The van der Waals surface area contributed by atoms with E-state index in [1.807, 2.05) is 0 Å². The Morgan fingerprint density at radius 2 is 1.67 bits per heavy atom. The lowest BCUT2D eigenvalue weighted by atomic mass is 10.2. The molecular formula is C6H9NO5. The molecule has 0 aromatic carbocycles. The van der Waals surface area contributed by atoms with Crippen LogP contribution < -0.4 is 5.73 Å². The molecular weight excluding hydrogens is 166 g/mol. The SMILES string of the molecule is COC(=O)C(=O)C(N)C(=O)OC. The Morgan fingerprint density at radius 1 is 1.17 bits per heavy atom. The van der Waals surface area contributed by atoms with Crippen LogP contribution in [0, 0.1) is 0 Å². The Hall–Kier alpha value is -1.43. The molecule has 1 atom stereocenters. The summed E-state index contributed by atoms with van der Waals surface area (Å²) in [4.78, 5) is 31.9. The second-order valence-electron chi connectivity index (χ2n) is 1.86. The van der Waals surface area contributed by atoms with Crippen LogP contribution in [-0.2, 0) is 23.9 Å². The van der Waals surface area contributed by atoms with Gasteiger partial charge in [0.05, 0.1) is 14.2 Å². The standard InChI is InChI=1S/C6H9NO5/c1-11-5(9)3(7)4(8)6(10)12-2/h3H,7H2,1-2H3.